The van der Waals surface area contributed by atoms with E-state index in [-0.39, 0.29) is 11.9 Å². The Bertz CT molecular complexity index is 942. The molecule has 4 rings (SSSR count). The lowest BCUT2D eigenvalue weighted by Crippen LogP contribution is -2.48. The zero-order chi connectivity index (χ0) is 17.6. The predicted octanol–water partition coefficient (Wildman–Crippen LogP) is 0.797. The third-order valence-electron chi connectivity index (χ3n) is 4.68. The molecule has 130 valence electrons. The van der Waals surface area contributed by atoms with Gasteiger partial charge in [0.05, 0.1) is 29.4 Å². The molecule has 8 nitrogen and oxygen atoms in total. The van der Waals surface area contributed by atoms with E-state index in [2.05, 4.69) is 20.5 Å². The minimum atomic E-state index is -0.0323. The summed E-state index contributed by atoms with van der Waals surface area (Å²) >= 11 is 0. The van der Waals surface area contributed by atoms with Gasteiger partial charge in [0.15, 0.2) is 5.65 Å². The highest BCUT2D eigenvalue weighted by molar-refractivity contribution is 6.05. The van der Waals surface area contributed by atoms with Crippen molar-refractivity contribution in [1.82, 2.24) is 34.8 Å². The molecule has 3 aromatic heterocycles. The van der Waals surface area contributed by atoms with Crippen molar-refractivity contribution in [2.75, 3.05) is 19.6 Å². The van der Waals surface area contributed by atoms with Crippen molar-refractivity contribution in [1.29, 1.82) is 0 Å². The lowest BCUT2D eigenvalue weighted by Gasteiger charge is -2.36. The summed E-state index contributed by atoms with van der Waals surface area (Å²) in [6, 6.07) is 1.82. The van der Waals surface area contributed by atoms with Crippen molar-refractivity contribution in [3.63, 3.8) is 0 Å². The number of pyridine rings is 1. The van der Waals surface area contributed by atoms with Gasteiger partial charge in [0, 0.05) is 51.2 Å². The van der Waals surface area contributed by atoms with Crippen molar-refractivity contribution < 1.29 is 4.79 Å². The Hall–Kier alpha value is -2.74. The number of hydrogen-bond acceptors (Lipinski definition) is 5. The van der Waals surface area contributed by atoms with E-state index in [1.807, 2.05) is 44.4 Å². The van der Waals surface area contributed by atoms with Gasteiger partial charge in [-0.25, -0.2) is 4.98 Å². The van der Waals surface area contributed by atoms with Gasteiger partial charge < -0.3 is 10.2 Å². The smallest absolute Gasteiger partial charge is 0.255 e. The Morgan fingerprint density at radius 2 is 2.12 bits per heavy atom. The number of aromatic nitrogens is 5. The number of amides is 1. The van der Waals surface area contributed by atoms with Gasteiger partial charge in [0.25, 0.3) is 5.91 Å². The molecule has 0 aliphatic carbocycles. The van der Waals surface area contributed by atoms with Crippen molar-refractivity contribution in [2.24, 2.45) is 14.1 Å². The van der Waals surface area contributed by atoms with Crippen LogP contribution in [0.2, 0.25) is 0 Å². The molecular weight excluding hydrogens is 318 g/mol. The van der Waals surface area contributed by atoms with E-state index >= 15 is 0 Å². The summed E-state index contributed by atoms with van der Waals surface area (Å²) in [5.41, 5.74) is 3.24. The van der Waals surface area contributed by atoms with Crippen LogP contribution in [0.3, 0.4) is 0 Å². The molecule has 1 N–H and O–H groups in total. The van der Waals surface area contributed by atoms with Gasteiger partial charge in [-0.1, -0.05) is 0 Å². The number of piperazine rings is 1. The fourth-order valence-corrected chi connectivity index (χ4v) is 3.43. The lowest BCUT2D eigenvalue weighted by atomic mass is 10.0. The van der Waals surface area contributed by atoms with E-state index in [1.54, 1.807) is 15.6 Å². The number of aryl methyl sites for hydroxylation is 3. The van der Waals surface area contributed by atoms with Gasteiger partial charge in [0.1, 0.15) is 0 Å². The molecule has 1 aliphatic heterocycles. The van der Waals surface area contributed by atoms with E-state index in [4.69, 9.17) is 0 Å². The number of nitrogens with zero attached hydrogens (tertiary/aromatic N) is 6. The fourth-order valence-electron chi connectivity index (χ4n) is 3.43. The summed E-state index contributed by atoms with van der Waals surface area (Å²) in [5.74, 6) is 0.0128. The van der Waals surface area contributed by atoms with Crippen LogP contribution in [0.15, 0.2) is 24.7 Å². The second kappa shape index (κ2) is 5.96. The van der Waals surface area contributed by atoms with E-state index in [0.29, 0.717) is 12.1 Å². The van der Waals surface area contributed by atoms with Crippen LogP contribution >= 0.6 is 0 Å². The monoisotopic (exact) mass is 339 g/mol. The summed E-state index contributed by atoms with van der Waals surface area (Å²) in [5, 5.41) is 12.7. The van der Waals surface area contributed by atoms with Gasteiger partial charge in [-0.3, -0.25) is 14.2 Å². The first-order valence-electron chi connectivity index (χ1n) is 8.34. The van der Waals surface area contributed by atoms with E-state index < -0.39 is 0 Å². The van der Waals surface area contributed by atoms with E-state index in [0.717, 1.165) is 35.4 Å². The van der Waals surface area contributed by atoms with Crippen LogP contribution in [0.25, 0.3) is 11.0 Å². The average molecular weight is 339 g/mol. The Kier molecular flexibility index (Phi) is 3.76. The summed E-state index contributed by atoms with van der Waals surface area (Å²) in [6.07, 6.45) is 5.51. The topological polar surface area (TPSA) is 80.9 Å². The van der Waals surface area contributed by atoms with Crippen LogP contribution in [0, 0.1) is 6.92 Å². The number of nitrogens with one attached hydrogen (secondary N) is 1. The molecule has 4 heterocycles. The second-order valence-corrected chi connectivity index (χ2v) is 6.48. The van der Waals surface area contributed by atoms with E-state index in [9.17, 15) is 4.79 Å². The van der Waals surface area contributed by atoms with Crippen molar-refractivity contribution >= 4 is 16.9 Å². The minimum absolute atomic E-state index is 0.0128. The third-order valence-corrected chi connectivity index (χ3v) is 4.68. The van der Waals surface area contributed by atoms with Crippen LogP contribution in [0.4, 0.5) is 0 Å². The molecule has 0 bridgehead atoms. The number of rotatable bonds is 2. The zero-order valence-electron chi connectivity index (χ0n) is 14.6. The standard InChI is InChI=1S/C17H21N7O/c1-11-6-13(14-8-20-23(3)16(14)21-11)17(25)24-5-4-18-9-15(24)12-7-19-22(2)10-12/h6-8,10,15,18H,4-5,9H2,1-3H3. The molecule has 1 amide bonds. The first-order valence-corrected chi connectivity index (χ1v) is 8.34. The summed E-state index contributed by atoms with van der Waals surface area (Å²) in [6.45, 7) is 4.06. The average Bonchev–Trinajstić information content (AvgIpc) is 3.20. The van der Waals surface area contributed by atoms with Gasteiger partial charge in [0.2, 0.25) is 0 Å². The van der Waals surface area contributed by atoms with Gasteiger partial charge in [-0.15, -0.1) is 0 Å². The Morgan fingerprint density at radius 1 is 1.28 bits per heavy atom. The number of fused-ring (bicyclic) bond motifs is 1. The molecule has 25 heavy (non-hydrogen) atoms. The molecule has 8 heteroatoms. The molecule has 1 aliphatic rings. The van der Waals surface area contributed by atoms with Crippen molar-refractivity contribution in [3.05, 3.63) is 41.5 Å². The third kappa shape index (κ3) is 2.68. The lowest BCUT2D eigenvalue weighted by molar-refractivity contribution is 0.0636. The van der Waals surface area contributed by atoms with Crippen molar-refractivity contribution in [3.8, 4) is 0 Å². The number of carbonyl (C=O) groups excluding carboxylic acids is 1. The molecular formula is C17H21N7O. The van der Waals surface area contributed by atoms with Gasteiger partial charge in [-0.2, -0.15) is 10.2 Å². The Labute approximate surface area is 145 Å². The zero-order valence-corrected chi connectivity index (χ0v) is 14.6. The number of hydrogen-bond donors (Lipinski definition) is 1. The van der Waals surface area contributed by atoms with Crippen LogP contribution < -0.4 is 5.32 Å². The fraction of sp³-hybridized carbons (Fsp3) is 0.412. The normalized spacial score (nSPS) is 18.0. The largest absolute Gasteiger partial charge is 0.329 e. The Balaban J connectivity index is 1.76. The first kappa shape index (κ1) is 15.8. The molecule has 0 spiro atoms. The highest BCUT2D eigenvalue weighted by Gasteiger charge is 2.30. The molecule has 1 fully saturated rings. The molecule has 1 unspecified atom stereocenters. The number of carbonyl (C=O) groups is 1. The van der Waals surface area contributed by atoms with Gasteiger partial charge in [-0.05, 0) is 13.0 Å². The molecule has 0 saturated carbocycles. The van der Waals surface area contributed by atoms with E-state index in [1.165, 1.54) is 0 Å². The predicted molar refractivity (Wildman–Crippen MR) is 93.1 cm³/mol. The highest BCUT2D eigenvalue weighted by atomic mass is 16.2. The van der Waals surface area contributed by atoms with Crippen LogP contribution in [-0.4, -0.2) is 55.0 Å². The molecule has 0 aromatic carbocycles. The van der Waals surface area contributed by atoms with Gasteiger partial charge >= 0.3 is 0 Å². The second-order valence-electron chi connectivity index (χ2n) is 6.48. The first-order chi connectivity index (χ1) is 12.0. The SMILES string of the molecule is Cc1cc(C(=O)N2CCNCC2c2cnn(C)c2)c2cnn(C)c2n1. The maximum atomic E-state index is 13.4. The molecule has 1 saturated heterocycles. The molecule has 3 aromatic rings. The maximum absolute atomic E-state index is 13.4. The summed E-state index contributed by atoms with van der Waals surface area (Å²) in [7, 11) is 3.73. The Morgan fingerprint density at radius 3 is 2.88 bits per heavy atom. The molecule has 0 radical (unpaired) electrons. The highest BCUT2D eigenvalue weighted by Crippen LogP contribution is 2.26. The van der Waals surface area contributed by atoms with Crippen LogP contribution in [0.1, 0.15) is 27.7 Å². The maximum Gasteiger partial charge on any atom is 0.255 e. The minimum Gasteiger partial charge on any atom is -0.329 e. The van der Waals surface area contributed by atoms with Crippen LogP contribution in [-0.2, 0) is 14.1 Å². The quantitative estimate of drug-likeness (QED) is 0.747. The summed E-state index contributed by atoms with van der Waals surface area (Å²) in [4.78, 5) is 19.8. The van der Waals surface area contributed by atoms with Crippen LogP contribution in [0.5, 0.6) is 0 Å². The molecule has 1 atom stereocenters. The summed E-state index contributed by atoms with van der Waals surface area (Å²) < 4.78 is 3.47. The van der Waals surface area contributed by atoms with Crippen molar-refractivity contribution in [2.45, 2.75) is 13.0 Å².